The zero-order chi connectivity index (χ0) is 13.5. The first-order valence-corrected chi connectivity index (χ1v) is 6.66. The molecule has 0 aromatic carbocycles. The van der Waals surface area contributed by atoms with Gasteiger partial charge in [-0.3, -0.25) is 4.79 Å². The summed E-state index contributed by atoms with van der Waals surface area (Å²) in [4.78, 5) is 15.8. The first-order chi connectivity index (χ1) is 9.29. The molecule has 2 rings (SSSR count). The van der Waals surface area contributed by atoms with Gasteiger partial charge in [0.1, 0.15) is 5.82 Å². The molecule has 0 aliphatic rings. The van der Waals surface area contributed by atoms with E-state index < -0.39 is 0 Å². The summed E-state index contributed by atoms with van der Waals surface area (Å²) in [5.74, 6) is 2.87. The maximum Gasteiger partial charge on any atom is 0.253 e. The molecule has 2 N–H and O–H groups in total. The summed E-state index contributed by atoms with van der Waals surface area (Å²) in [6.45, 7) is 0.941. The summed E-state index contributed by atoms with van der Waals surface area (Å²) in [5, 5.41) is 9.89. The normalized spacial score (nSPS) is 9.63. The molecule has 19 heavy (non-hydrogen) atoms. The number of terminal acetylenes is 1. The van der Waals surface area contributed by atoms with Crippen LogP contribution in [0.5, 0.6) is 0 Å². The number of hydrogen-bond donors (Lipinski definition) is 2. The molecule has 0 aliphatic heterocycles. The Morgan fingerprint density at radius 1 is 1.42 bits per heavy atom. The lowest BCUT2D eigenvalue weighted by atomic mass is 10.2. The third-order valence-corrected chi connectivity index (χ3v) is 3.16. The molecule has 0 aliphatic carbocycles. The number of nitrogens with one attached hydrogen (secondary N) is 2. The number of thiophene rings is 1. The van der Waals surface area contributed by atoms with Crippen molar-refractivity contribution >= 4 is 23.1 Å². The van der Waals surface area contributed by atoms with Crippen LogP contribution in [-0.2, 0) is 6.54 Å². The zero-order valence-electron chi connectivity index (χ0n) is 10.2. The van der Waals surface area contributed by atoms with E-state index in [1.54, 1.807) is 23.5 Å². The van der Waals surface area contributed by atoms with E-state index in [2.05, 4.69) is 33.0 Å². The first-order valence-electron chi connectivity index (χ1n) is 5.72. The Bertz CT molecular complexity index is 570. The van der Waals surface area contributed by atoms with Crippen LogP contribution in [0.2, 0.25) is 0 Å². The zero-order valence-corrected chi connectivity index (χ0v) is 11.0. The predicted molar refractivity (Wildman–Crippen MR) is 77.0 cm³/mol. The summed E-state index contributed by atoms with van der Waals surface area (Å²) in [7, 11) is 0. The highest BCUT2D eigenvalue weighted by Gasteiger charge is 2.04. The molecule has 1 amide bonds. The highest BCUT2D eigenvalue weighted by atomic mass is 32.1. The largest absolute Gasteiger partial charge is 0.366 e. The lowest BCUT2D eigenvalue weighted by Gasteiger charge is -2.05. The molecular weight excluding hydrogens is 258 g/mol. The van der Waals surface area contributed by atoms with Crippen LogP contribution in [0.1, 0.15) is 15.9 Å². The van der Waals surface area contributed by atoms with Crippen molar-refractivity contribution < 1.29 is 4.79 Å². The maximum absolute atomic E-state index is 11.6. The average molecular weight is 271 g/mol. The molecule has 0 saturated carbocycles. The van der Waals surface area contributed by atoms with E-state index in [1.807, 2.05) is 5.38 Å². The number of pyridine rings is 1. The van der Waals surface area contributed by atoms with Crippen LogP contribution in [0.25, 0.3) is 0 Å². The quantitative estimate of drug-likeness (QED) is 0.819. The number of anilines is 1. The van der Waals surface area contributed by atoms with Gasteiger partial charge in [-0.25, -0.2) is 4.98 Å². The van der Waals surface area contributed by atoms with Crippen LogP contribution in [0.3, 0.4) is 0 Å². The topological polar surface area (TPSA) is 54.0 Å². The molecule has 0 fully saturated rings. The highest BCUT2D eigenvalue weighted by molar-refractivity contribution is 7.07. The highest BCUT2D eigenvalue weighted by Crippen LogP contribution is 2.10. The van der Waals surface area contributed by atoms with Crippen molar-refractivity contribution in [2.45, 2.75) is 6.54 Å². The van der Waals surface area contributed by atoms with Gasteiger partial charge in [0.2, 0.25) is 0 Å². The van der Waals surface area contributed by atoms with Crippen LogP contribution in [-0.4, -0.2) is 17.4 Å². The van der Waals surface area contributed by atoms with Crippen molar-refractivity contribution in [1.82, 2.24) is 10.3 Å². The molecule has 2 aromatic rings. The lowest BCUT2D eigenvalue weighted by Crippen LogP contribution is -2.23. The fourth-order valence-electron chi connectivity index (χ4n) is 1.45. The molecule has 96 valence electrons. The summed E-state index contributed by atoms with van der Waals surface area (Å²) in [6.07, 6.45) is 6.61. The van der Waals surface area contributed by atoms with E-state index in [1.165, 1.54) is 11.8 Å². The van der Waals surface area contributed by atoms with Crippen LogP contribution in [0.15, 0.2) is 35.2 Å². The predicted octanol–water partition coefficient (Wildman–Crippen LogP) is 2.12. The minimum absolute atomic E-state index is 0.213. The van der Waals surface area contributed by atoms with E-state index in [0.29, 0.717) is 5.56 Å². The third-order valence-electron chi connectivity index (χ3n) is 2.43. The molecule has 0 spiro atoms. The van der Waals surface area contributed by atoms with E-state index in [9.17, 15) is 4.79 Å². The number of carbonyl (C=O) groups is 1. The molecule has 5 heteroatoms. The average Bonchev–Trinajstić information content (AvgIpc) is 2.96. The summed E-state index contributed by atoms with van der Waals surface area (Å²) in [6, 6.07) is 5.55. The van der Waals surface area contributed by atoms with Gasteiger partial charge >= 0.3 is 0 Å². The van der Waals surface area contributed by atoms with E-state index in [0.717, 1.165) is 12.4 Å². The molecule has 0 saturated heterocycles. The summed E-state index contributed by atoms with van der Waals surface area (Å²) >= 11 is 1.66. The van der Waals surface area contributed by atoms with Crippen LogP contribution in [0.4, 0.5) is 5.82 Å². The number of rotatable bonds is 5. The van der Waals surface area contributed by atoms with Gasteiger partial charge in [-0.2, -0.15) is 11.3 Å². The van der Waals surface area contributed by atoms with Crippen molar-refractivity contribution in [2.75, 3.05) is 11.9 Å². The number of aromatic nitrogens is 1. The second-order valence-corrected chi connectivity index (χ2v) is 4.58. The van der Waals surface area contributed by atoms with E-state index in [4.69, 9.17) is 6.42 Å². The minimum atomic E-state index is -0.213. The molecule has 0 unspecified atom stereocenters. The van der Waals surface area contributed by atoms with Gasteiger partial charge in [-0.05, 0) is 34.5 Å². The maximum atomic E-state index is 11.6. The molecule has 2 aromatic heterocycles. The molecule has 2 heterocycles. The number of hydrogen-bond acceptors (Lipinski definition) is 4. The fraction of sp³-hybridized carbons (Fsp3) is 0.143. The number of carbonyl (C=O) groups excluding carboxylic acids is 1. The number of amides is 1. The van der Waals surface area contributed by atoms with E-state index >= 15 is 0 Å². The molecule has 4 nitrogen and oxygen atoms in total. The molecule has 0 bridgehead atoms. The molecule has 0 atom stereocenters. The van der Waals surface area contributed by atoms with Gasteiger partial charge < -0.3 is 10.6 Å². The van der Waals surface area contributed by atoms with Gasteiger partial charge in [-0.15, -0.1) is 6.42 Å². The molecular formula is C14H13N3OS. The third kappa shape index (κ3) is 3.83. The first kappa shape index (κ1) is 13.1. The van der Waals surface area contributed by atoms with Gasteiger partial charge in [0, 0.05) is 12.7 Å². The summed E-state index contributed by atoms with van der Waals surface area (Å²) in [5.41, 5.74) is 1.71. The van der Waals surface area contributed by atoms with Crippen molar-refractivity contribution in [3.05, 3.63) is 46.3 Å². The van der Waals surface area contributed by atoms with Crippen molar-refractivity contribution in [1.29, 1.82) is 0 Å². The van der Waals surface area contributed by atoms with Crippen molar-refractivity contribution in [2.24, 2.45) is 0 Å². The SMILES string of the molecule is C#CCNC(=O)c1ccc(NCc2ccsc2)nc1. The second-order valence-electron chi connectivity index (χ2n) is 3.80. The lowest BCUT2D eigenvalue weighted by molar-refractivity contribution is 0.0958. The Hall–Kier alpha value is -2.32. The van der Waals surface area contributed by atoms with Gasteiger partial charge in [0.25, 0.3) is 5.91 Å². The Morgan fingerprint density at radius 3 is 2.95 bits per heavy atom. The van der Waals surface area contributed by atoms with Crippen molar-refractivity contribution in [3.63, 3.8) is 0 Å². The van der Waals surface area contributed by atoms with Gasteiger partial charge in [0.05, 0.1) is 12.1 Å². The van der Waals surface area contributed by atoms with Crippen LogP contribution in [0, 0.1) is 12.3 Å². The van der Waals surface area contributed by atoms with Crippen molar-refractivity contribution in [3.8, 4) is 12.3 Å². The Balaban J connectivity index is 1.91. The fourth-order valence-corrected chi connectivity index (χ4v) is 2.12. The minimum Gasteiger partial charge on any atom is -0.366 e. The van der Waals surface area contributed by atoms with Crippen LogP contribution < -0.4 is 10.6 Å². The van der Waals surface area contributed by atoms with Gasteiger partial charge in [-0.1, -0.05) is 5.92 Å². The number of nitrogens with zero attached hydrogens (tertiary/aromatic N) is 1. The smallest absolute Gasteiger partial charge is 0.253 e. The van der Waals surface area contributed by atoms with E-state index in [-0.39, 0.29) is 12.5 Å². The summed E-state index contributed by atoms with van der Waals surface area (Å²) < 4.78 is 0. The monoisotopic (exact) mass is 271 g/mol. The second kappa shape index (κ2) is 6.57. The Labute approximate surface area is 115 Å². The molecule has 0 radical (unpaired) electrons. The Kier molecular flexibility index (Phi) is 4.54. The van der Waals surface area contributed by atoms with Crippen LogP contribution >= 0.6 is 11.3 Å². The Morgan fingerprint density at radius 2 is 2.32 bits per heavy atom. The van der Waals surface area contributed by atoms with Gasteiger partial charge in [0.15, 0.2) is 0 Å². The standard InChI is InChI=1S/C14H13N3OS/c1-2-6-15-14(18)12-3-4-13(17-9-12)16-8-11-5-7-19-10-11/h1,3-5,7,9-10H,6,8H2,(H,15,18)(H,16,17).